The predicted molar refractivity (Wildman–Crippen MR) is 170 cm³/mol. The van der Waals surface area contributed by atoms with Crippen LogP contribution in [0.3, 0.4) is 0 Å². The van der Waals surface area contributed by atoms with E-state index in [9.17, 15) is 40.7 Å². The molecule has 0 saturated carbocycles. The lowest BCUT2D eigenvalue weighted by Crippen LogP contribution is -2.54. The Kier molecular flexibility index (Phi) is 11.9. The van der Waals surface area contributed by atoms with Gasteiger partial charge in [-0.2, -0.15) is 31.4 Å². The number of ether oxygens (including phenoxy) is 2. The zero-order valence-corrected chi connectivity index (χ0v) is 27.4. The van der Waals surface area contributed by atoms with Crippen molar-refractivity contribution in [2.75, 3.05) is 13.2 Å². The molecule has 15 heteroatoms. The first-order chi connectivity index (χ1) is 23.5. The third-order valence-corrected chi connectivity index (χ3v) is 8.38. The van der Waals surface area contributed by atoms with Crippen LogP contribution in [0.5, 0.6) is 0 Å². The number of Topliss-reactive ketones (excluding diaryl/α,β-unsaturated/α-hetero) is 1. The molecule has 4 rings (SSSR count). The van der Waals surface area contributed by atoms with E-state index in [1.54, 1.807) is 67.6 Å². The summed E-state index contributed by atoms with van der Waals surface area (Å²) in [5.41, 5.74) is -4.34. The summed E-state index contributed by atoms with van der Waals surface area (Å²) in [6.07, 6.45) is -11.2. The normalized spacial score (nSPS) is 14.4. The summed E-state index contributed by atoms with van der Waals surface area (Å²) in [5.74, 6) is -0.308. The number of rotatable bonds is 14. The van der Waals surface area contributed by atoms with Crippen LogP contribution in [0, 0.1) is 0 Å². The van der Waals surface area contributed by atoms with E-state index in [0.29, 0.717) is 23.3 Å². The van der Waals surface area contributed by atoms with E-state index >= 15 is 0 Å². The maximum atomic E-state index is 14.2. The number of ketones is 1. The minimum absolute atomic E-state index is 0.0357. The monoisotopic (exact) mass is 706 g/mol. The van der Waals surface area contributed by atoms with E-state index in [1.807, 2.05) is 0 Å². The minimum atomic E-state index is -5.07. The standard InChI is InChI=1S/C35H36F6N4O5/c1-4-33(27-13-9-6-10-14-27,21-50-24(3)26-16-28(34(36,37)38)18-29(17-26)35(39,40)41)45(32(48)49-20-25-11-7-5-8-12-25)19-30(15-23(2)46)44-22-42-43-31(44)47/h5-14,16-18,22,24,30H,4,15,19-21H2,1-3H3,(H,43,47)/t24-,30?,33?/m1/s1. The second kappa shape index (κ2) is 15.7. The summed E-state index contributed by atoms with van der Waals surface area (Å²) in [7, 11) is 0. The molecule has 268 valence electrons. The van der Waals surface area contributed by atoms with Gasteiger partial charge in [-0.15, -0.1) is 0 Å². The van der Waals surface area contributed by atoms with Gasteiger partial charge in [0.05, 0.1) is 35.4 Å². The fourth-order valence-electron chi connectivity index (χ4n) is 5.67. The third kappa shape index (κ3) is 9.20. The molecule has 0 spiro atoms. The van der Waals surface area contributed by atoms with Gasteiger partial charge < -0.3 is 9.47 Å². The molecule has 4 aromatic rings. The number of nitrogens with one attached hydrogen (secondary N) is 1. The van der Waals surface area contributed by atoms with Crippen molar-refractivity contribution in [1.82, 2.24) is 19.7 Å². The SMILES string of the molecule is CCC(CO[C@H](C)c1cc(C(F)(F)F)cc(C(F)(F)F)c1)(c1ccccc1)N(CC(CC(C)=O)n1cn[nH]c1=O)C(=O)OCc1ccccc1. The second-order valence-electron chi connectivity index (χ2n) is 11.8. The number of hydrogen-bond donors (Lipinski definition) is 1. The van der Waals surface area contributed by atoms with Crippen molar-refractivity contribution in [3.63, 3.8) is 0 Å². The van der Waals surface area contributed by atoms with Gasteiger partial charge in [0.2, 0.25) is 0 Å². The molecule has 50 heavy (non-hydrogen) atoms. The fourth-order valence-corrected chi connectivity index (χ4v) is 5.67. The van der Waals surface area contributed by atoms with Crippen LogP contribution in [0.25, 0.3) is 0 Å². The van der Waals surface area contributed by atoms with E-state index in [4.69, 9.17) is 9.47 Å². The molecular formula is C35H36F6N4O5. The van der Waals surface area contributed by atoms with Crippen LogP contribution in [0.4, 0.5) is 31.1 Å². The summed E-state index contributed by atoms with van der Waals surface area (Å²) >= 11 is 0. The second-order valence-corrected chi connectivity index (χ2v) is 11.8. The molecule has 3 atom stereocenters. The highest BCUT2D eigenvalue weighted by Crippen LogP contribution is 2.40. The van der Waals surface area contributed by atoms with Crippen LogP contribution < -0.4 is 5.69 Å². The first-order valence-corrected chi connectivity index (χ1v) is 15.6. The van der Waals surface area contributed by atoms with Gasteiger partial charge in [-0.3, -0.25) is 14.3 Å². The van der Waals surface area contributed by atoms with Gasteiger partial charge in [0.15, 0.2) is 0 Å². The van der Waals surface area contributed by atoms with Gasteiger partial charge in [0.1, 0.15) is 18.7 Å². The summed E-state index contributed by atoms with van der Waals surface area (Å²) in [4.78, 5) is 40.6. The van der Waals surface area contributed by atoms with Crippen molar-refractivity contribution < 1.29 is 45.4 Å². The quantitative estimate of drug-likeness (QED) is 0.134. The molecule has 0 bridgehead atoms. The Labute approximate surface area is 283 Å². The number of amides is 1. The number of halogens is 6. The number of aromatic amines is 1. The van der Waals surface area contributed by atoms with E-state index in [2.05, 4.69) is 10.2 Å². The lowest BCUT2D eigenvalue weighted by atomic mass is 9.85. The van der Waals surface area contributed by atoms with Crippen molar-refractivity contribution in [3.8, 4) is 0 Å². The molecule has 9 nitrogen and oxygen atoms in total. The Morgan fingerprint density at radius 2 is 1.48 bits per heavy atom. The summed E-state index contributed by atoms with van der Waals surface area (Å²) in [6.45, 7) is 3.46. The molecule has 0 fully saturated rings. The van der Waals surface area contributed by atoms with Crippen molar-refractivity contribution in [1.29, 1.82) is 0 Å². The number of nitrogens with zero attached hydrogens (tertiary/aromatic N) is 3. The molecule has 0 aliphatic rings. The highest BCUT2D eigenvalue weighted by molar-refractivity contribution is 5.76. The maximum absolute atomic E-state index is 14.2. The summed E-state index contributed by atoms with van der Waals surface area (Å²) < 4.78 is 95.1. The van der Waals surface area contributed by atoms with Crippen molar-refractivity contribution >= 4 is 11.9 Å². The first-order valence-electron chi connectivity index (χ1n) is 15.6. The molecule has 2 unspecified atom stereocenters. The molecule has 3 aromatic carbocycles. The molecule has 0 saturated heterocycles. The number of aromatic nitrogens is 3. The smallest absolute Gasteiger partial charge is 0.416 e. The maximum Gasteiger partial charge on any atom is 0.416 e. The molecule has 0 radical (unpaired) electrons. The zero-order chi connectivity index (χ0) is 36.7. The summed E-state index contributed by atoms with van der Waals surface area (Å²) in [6, 6.07) is 17.5. The number of carbonyl (C=O) groups excluding carboxylic acids is 2. The van der Waals surface area contributed by atoms with Crippen LogP contribution in [0.15, 0.2) is 90.0 Å². The average Bonchev–Trinajstić information content (AvgIpc) is 3.51. The van der Waals surface area contributed by atoms with Crippen molar-refractivity contribution in [3.05, 3.63) is 123 Å². The highest BCUT2D eigenvalue weighted by Gasteiger charge is 2.44. The lowest BCUT2D eigenvalue weighted by Gasteiger charge is -2.45. The molecule has 1 aromatic heterocycles. The topological polar surface area (TPSA) is 107 Å². The van der Waals surface area contributed by atoms with E-state index in [-0.39, 0.29) is 43.4 Å². The average molecular weight is 707 g/mol. The van der Waals surface area contributed by atoms with Gasteiger partial charge in [-0.25, -0.2) is 14.7 Å². The van der Waals surface area contributed by atoms with Crippen LogP contribution >= 0.6 is 0 Å². The Balaban J connectivity index is 1.81. The number of hydrogen-bond acceptors (Lipinski definition) is 6. The van der Waals surface area contributed by atoms with Gasteiger partial charge in [0.25, 0.3) is 0 Å². The lowest BCUT2D eigenvalue weighted by molar-refractivity contribution is -0.143. The largest absolute Gasteiger partial charge is 0.445 e. The number of carbonyl (C=O) groups is 2. The van der Waals surface area contributed by atoms with Crippen LogP contribution in [0.2, 0.25) is 0 Å². The number of benzene rings is 3. The van der Waals surface area contributed by atoms with Gasteiger partial charge in [0, 0.05) is 13.0 Å². The molecular weight excluding hydrogens is 670 g/mol. The van der Waals surface area contributed by atoms with Gasteiger partial charge in [-0.05, 0) is 55.2 Å². The third-order valence-electron chi connectivity index (χ3n) is 8.38. The van der Waals surface area contributed by atoms with Crippen LogP contribution in [0.1, 0.15) is 73.6 Å². The van der Waals surface area contributed by atoms with Crippen LogP contribution in [-0.2, 0) is 38.8 Å². The molecule has 1 heterocycles. The zero-order valence-electron chi connectivity index (χ0n) is 27.4. The van der Waals surface area contributed by atoms with E-state index in [1.165, 1.54) is 25.1 Å². The molecule has 0 aliphatic carbocycles. The van der Waals surface area contributed by atoms with E-state index < -0.39 is 59.6 Å². The van der Waals surface area contributed by atoms with Crippen molar-refractivity contribution in [2.45, 2.75) is 70.3 Å². The van der Waals surface area contributed by atoms with Gasteiger partial charge in [-0.1, -0.05) is 67.6 Å². The summed E-state index contributed by atoms with van der Waals surface area (Å²) in [5, 5.41) is 6.03. The predicted octanol–water partition coefficient (Wildman–Crippen LogP) is 7.85. The number of H-pyrrole nitrogens is 1. The minimum Gasteiger partial charge on any atom is -0.445 e. The van der Waals surface area contributed by atoms with Crippen molar-refractivity contribution in [2.24, 2.45) is 0 Å². The first kappa shape index (κ1) is 37.9. The molecule has 0 aliphatic heterocycles. The Morgan fingerprint density at radius 1 is 0.900 bits per heavy atom. The number of alkyl halides is 6. The Hall–Kier alpha value is -4.92. The van der Waals surface area contributed by atoms with Gasteiger partial charge >= 0.3 is 24.1 Å². The fraction of sp³-hybridized carbons (Fsp3) is 0.371. The Bertz CT molecular complexity index is 1760. The van der Waals surface area contributed by atoms with E-state index in [0.717, 1.165) is 4.57 Å². The molecule has 1 amide bonds. The Morgan fingerprint density at radius 3 is 1.98 bits per heavy atom. The van der Waals surface area contributed by atoms with Crippen LogP contribution in [-0.4, -0.2) is 44.7 Å². The molecule has 1 N–H and O–H groups in total. The highest BCUT2D eigenvalue weighted by atomic mass is 19.4.